The van der Waals surface area contributed by atoms with Gasteiger partial charge in [0.2, 0.25) is 0 Å². The van der Waals surface area contributed by atoms with Gasteiger partial charge in [-0.1, -0.05) is 35.9 Å². The van der Waals surface area contributed by atoms with Crippen LogP contribution in [-0.2, 0) is 16.2 Å². The molecule has 0 aliphatic rings. The van der Waals surface area contributed by atoms with E-state index >= 15 is 4.39 Å². The second kappa shape index (κ2) is 8.93. The van der Waals surface area contributed by atoms with Crippen molar-refractivity contribution in [1.29, 1.82) is 0 Å². The van der Waals surface area contributed by atoms with Crippen LogP contribution in [-0.4, -0.2) is 20.4 Å². The second-order valence-corrected chi connectivity index (χ2v) is 9.25. The minimum absolute atomic E-state index is 0.0188. The molecular formula is C19H21ClFNO4S. The van der Waals surface area contributed by atoms with Crippen LogP contribution in [0.2, 0.25) is 5.02 Å². The zero-order valence-electron chi connectivity index (χ0n) is 15.2. The minimum atomic E-state index is -1.60. The van der Waals surface area contributed by atoms with E-state index in [1.54, 1.807) is 51.1 Å². The lowest BCUT2D eigenvalue weighted by Gasteiger charge is -2.28. The van der Waals surface area contributed by atoms with Gasteiger partial charge in [-0.05, 0) is 39.0 Å². The second-order valence-electron chi connectivity index (χ2n) is 6.84. The fourth-order valence-electron chi connectivity index (χ4n) is 2.21. The van der Waals surface area contributed by atoms with Crippen molar-refractivity contribution in [2.75, 3.05) is 0 Å². The molecule has 0 aliphatic heterocycles. The third-order valence-electron chi connectivity index (χ3n) is 3.60. The predicted octanol–water partition coefficient (Wildman–Crippen LogP) is 4.84. The van der Waals surface area contributed by atoms with E-state index in [0.29, 0.717) is 5.75 Å². The van der Waals surface area contributed by atoms with E-state index in [4.69, 9.17) is 16.3 Å². The van der Waals surface area contributed by atoms with Crippen molar-refractivity contribution in [2.24, 2.45) is 0 Å². The molecule has 146 valence electrons. The van der Waals surface area contributed by atoms with Crippen molar-refractivity contribution in [3.63, 3.8) is 0 Å². The molecular weight excluding hydrogens is 393 g/mol. The Bertz CT molecular complexity index is 798. The van der Waals surface area contributed by atoms with Gasteiger partial charge in [-0.3, -0.25) is 4.79 Å². The Morgan fingerprint density at radius 2 is 1.93 bits per heavy atom. The van der Waals surface area contributed by atoms with Gasteiger partial charge in [-0.2, -0.15) is 0 Å². The molecule has 0 saturated carbocycles. The molecule has 0 bridgehead atoms. The zero-order chi connectivity index (χ0) is 20.2. The van der Waals surface area contributed by atoms with Crippen molar-refractivity contribution in [2.45, 2.75) is 38.0 Å². The van der Waals surface area contributed by atoms with Crippen LogP contribution in [0, 0.1) is 5.82 Å². The summed E-state index contributed by atoms with van der Waals surface area (Å²) in [6.45, 7) is 5.20. The average molecular weight is 414 g/mol. The Morgan fingerprint density at radius 1 is 1.30 bits per heavy atom. The quantitative estimate of drug-likeness (QED) is 0.635. The molecule has 0 amide bonds. The van der Waals surface area contributed by atoms with Crippen molar-refractivity contribution in [3.8, 4) is 11.5 Å². The highest BCUT2D eigenvalue weighted by Crippen LogP contribution is 2.37. The fraction of sp³-hybridized carbons (Fsp3) is 0.316. The van der Waals surface area contributed by atoms with Crippen LogP contribution in [0.3, 0.4) is 0 Å². The Balaban J connectivity index is 2.40. The summed E-state index contributed by atoms with van der Waals surface area (Å²) in [5.41, 5.74) is 0.0188. The van der Waals surface area contributed by atoms with E-state index < -0.39 is 40.4 Å². The van der Waals surface area contributed by atoms with Crippen LogP contribution in [0.1, 0.15) is 38.8 Å². The summed E-state index contributed by atoms with van der Waals surface area (Å²) < 4.78 is 35.1. The van der Waals surface area contributed by atoms with Crippen molar-refractivity contribution < 1.29 is 23.6 Å². The number of nitrogens with one attached hydrogen (secondary N) is 1. The smallest absolute Gasteiger partial charge is 0.305 e. The molecule has 8 heteroatoms. The average Bonchev–Trinajstić information content (AvgIpc) is 2.58. The molecule has 0 heterocycles. The molecule has 0 fully saturated rings. The monoisotopic (exact) mass is 413 g/mol. The maximum Gasteiger partial charge on any atom is 0.305 e. The molecule has 2 N–H and O–H groups in total. The van der Waals surface area contributed by atoms with Gasteiger partial charge in [0, 0.05) is 16.9 Å². The summed E-state index contributed by atoms with van der Waals surface area (Å²) in [7, 11) is 0. The minimum Gasteiger partial charge on any atom is -0.598 e. The number of carboxylic acid groups (broad SMARTS) is 1. The van der Waals surface area contributed by atoms with E-state index in [9.17, 15) is 14.5 Å². The normalized spacial score (nSPS) is 13.9. The van der Waals surface area contributed by atoms with Crippen LogP contribution in [0.4, 0.5) is 4.39 Å². The number of hydrogen-bond donors (Lipinski definition) is 2. The molecule has 2 aromatic carbocycles. The highest BCUT2D eigenvalue weighted by atomic mass is 35.5. The standard InChI is InChI=1S/C19H21ClFNO4S/c1-19(2,3)27(25)22-15(11-16(23)24)13-9-10-14(20)18(17(13)21)26-12-7-5-4-6-8-12/h4-10,15,22H,11H2,1-3H3,(H,23,24). The summed E-state index contributed by atoms with van der Waals surface area (Å²) in [6, 6.07) is 10.3. The molecule has 0 spiro atoms. The summed E-state index contributed by atoms with van der Waals surface area (Å²) in [6.07, 6.45) is -0.453. The number of hydrogen-bond acceptors (Lipinski definition) is 4. The number of aliphatic carboxylic acids is 1. The number of rotatable bonds is 7. The molecule has 2 rings (SSSR count). The summed E-state index contributed by atoms with van der Waals surface area (Å²) in [5, 5.41) is 9.24. The van der Waals surface area contributed by atoms with Gasteiger partial charge >= 0.3 is 5.97 Å². The molecule has 27 heavy (non-hydrogen) atoms. The Morgan fingerprint density at radius 3 is 2.48 bits per heavy atom. The van der Waals surface area contributed by atoms with E-state index in [0.717, 1.165) is 0 Å². The lowest BCUT2D eigenvalue weighted by Crippen LogP contribution is -2.42. The van der Waals surface area contributed by atoms with Gasteiger partial charge in [-0.25, -0.2) is 4.39 Å². The number of carboxylic acids is 1. The van der Waals surface area contributed by atoms with Gasteiger partial charge < -0.3 is 14.4 Å². The molecule has 0 aromatic heterocycles. The zero-order valence-corrected chi connectivity index (χ0v) is 16.7. The first-order valence-electron chi connectivity index (χ1n) is 8.20. The third-order valence-corrected chi connectivity index (χ3v) is 5.51. The first kappa shape index (κ1) is 21.5. The van der Waals surface area contributed by atoms with Crippen LogP contribution in [0.15, 0.2) is 42.5 Å². The molecule has 0 radical (unpaired) electrons. The third kappa shape index (κ3) is 5.84. The first-order valence-corrected chi connectivity index (χ1v) is 9.73. The fourth-order valence-corrected chi connectivity index (χ4v) is 3.22. The maximum atomic E-state index is 15.1. The highest BCUT2D eigenvalue weighted by Gasteiger charge is 2.33. The Kier molecular flexibility index (Phi) is 7.11. The van der Waals surface area contributed by atoms with Crippen molar-refractivity contribution in [3.05, 3.63) is 58.9 Å². The molecule has 0 aliphatic carbocycles. The number of para-hydroxylation sites is 1. The molecule has 0 saturated heterocycles. The van der Waals surface area contributed by atoms with Crippen LogP contribution in [0.25, 0.3) is 0 Å². The SMILES string of the molecule is CC(C)(C)[S+]([O-])NC(CC(=O)O)c1ccc(Cl)c(Oc2ccccc2)c1F. The number of benzene rings is 2. The van der Waals surface area contributed by atoms with E-state index in [1.807, 2.05) is 0 Å². The summed E-state index contributed by atoms with van der Waals surface area (Å²) in [4.78, 5) is 11.2. The van der Waals surface area contributed by atoms with Gasteiger partial charge in [0.25, 0.3) is 0 Å². The summed E-state index contributed by atoms with van der Waals surface area (Å²) >= 11 is 4.48. The number of ether oxygens (including phenoxy) is 1. The maximum absolute atomic E-state index is 15.1. The van der Waals surface area contributed by atoms with Gasteiger partial charge in [0.1, 0.15) is 10.5 Å². The van der Waals surface area contributed by atoms with Crippen molar-refractivity contribution >= 4 is 28.9 Å². The van der Waals surface area contributed by atoms with E-state index in [1.165, 1.54) is 12.1 Å². The lowest BCUT2D eigenvalue weighted by atomic mass is 10.0. The predicted molar refractivity (Wildman–Crippen MR) is 104 cm³/mol. The molecule has 2 unspecified atom stereocenters. The van der Waals surface area contributed by atoms with Gasteiger partial charge in [-0.15, -0.1) is 4.72 Å². The number of halogens is 2. The Labute approximate surface area is 165 Å². The molecule has 2 aromatic rings. The lowest BCUT2D eigenvalue weighted by molar-refractivity contribution is -0.137. The van der Waals surface area contributed by atoms with Crippen LogP contribution in [0.5, 0.6) is 11.5 Å². The summed E-state index contributed by atoms with van der Waals surface area (Å²) in [5.74, 6) is -1.77. The van der Waals surface area contributed by atoms with Crippen molar-refractivity contribution in [1.82, 2.24) is 4.72 Å². The van der Waals surface area contributed by atoms with E-state index in [2.05, 4.69) is 4.72 Å². The number of carbonyl (C=O) groups is 1. The topological polar surface area (TPSA) is 81.6 Å². The largest absolute Gasteiger partial charge is 0.598 e. The van der Waals surface area contributed by atoms with Gasteiger partial charge in [0.05, 0.1) is 17.5 Å². The highest BCUT2D eigenvalue weighted by molar-refractivity contribution is 7.90. The first-order chi connectivity index (χ1) is 12.6. The Hall–Kier alpha value is -1.80. The van der Waals surface area contributed by atoms with Crippen LogP contribution >= 0.6 is 11.6 Å². The van der Waals surface area contributed by atoms with Gasteiger partial charge in [0.15, 0.2) is 11.6 Å². The molecule has 2 atom stereocenters. The molecule has 5 nitrogen and oxygen atoms in total. The van der Waals surface area contributed by atoms with Crippen LogP contribution < -0.4 is 9.46 Å². The van der Waals surface area contributed by atoms with E-state index in [-0.39, 0.29) is 16.3 Å².